The Morgan fingerprint density at radius 2 is 2.17 bits per heavy atom. The van der Waals surface area contributed by atoms with Crippen LogP contribution in [0.25, 0.3) is 11.3 Å². The first-order valence-electron chi connectivity index (χ1n) is 5.62. The van der Waals surface area contributed by atoms with Gasteiger partial charge in [-0.25, -0.2) is 4.98 Å². The smallest absolute Gasteiger partial charge is 0.138 e. The Bertz CT molecular complexity index is 624. The van der Waals surface area contributed by atoms with E-state index < -0.39 is 0 Å². The normalized spacial score (nSPS) is 17.2. The van der Waals surface area contributed by atoms with Crippen LogP contribution in [-0.2, 0) is 0 Å². The first-order valence-corrected chi connectivity index (χ1v) is 7.69. The molecule has 0 fully saturated rings. The van der Waals surface area contributed by atoms with E-state index in [1.165, 1.54) is 9.77 Å². The average Bonchev–Trinajstić information content (AvgIpc) is 2.69. The van der Waals surface area contributed by atoms with Gasteiger partial charge in [-0.1, -0.05) is 11.6 Å². The number of aryl methyl sites for hydroxylation is 1. The number of hydrogen-bond acceptors (Lipinski definition) is 4. The lowest BCUT2D eigenvalue weighted by molar-refractivity contribution is 0.415. The Balaban J connectivity index is 2.27. The molecule has 0 N–H and O–H groups in total. The van der Waals surface area contributed by atoms with Gasteiger partial charge < -0.3 is 4.74 Å². The molecule has 0 saturated heterocycles. The highest BCUT2D eigenvalue weighted by molar-refractivity contribution is 8.01. The third-order valence-electron chi connectivity index (χ3n) is 3.00. The largest absolute Gasteiger partial charge is 0.495 e. The predicted octanol–water partition coefficient (Wildman–Crippen LogP) is 4.95. The number of halogens is 1. The summed E-state index contributed by atoms with van der Waals surface area (Å²) in [6.07, 6.45) is 0. The number of thiazole rings is 1. The van der Waals surface area contributed by atoms with Gasteiger partial charge in [0.2, 0.25) is 0 Å². The van der Waals surface area contributed by atoms with Gasteiger partial charge in [-0.2, -0.15) is 0 Å². The predicted molar refractivity (Wildman–Crippen MR) is 78.1 cm³/mol. The monoisotopic (exact) mass is 297 g/mol. The van der Waals surface area contributed by atoms with Crippen molar-refractivity contribution in [1.82, 2.24) is 4.98 Å². The van der Waals surface area contributed by atoms with Crippen molar-refractivity contribution in [2.45, 2.75) is 23.3 Å². The molecule has 18 heavy (non-hydrogen) atoms. The lowest BCUT2D eigenvalue weighted by Gasteiger charge is -2.22. The summed E-state index contributed by atoms with van der Waals surface area (Å²) in [4.78, 5) is 4.63. The van der Waals surface area contributed by atoms with E-state index >= 15 is 0 Å². The van der Waals surface area contributed by atoms with Crippen LogP contribution in [0.5, 0.6) is 5.75 Å². The summed E-state index contributed by atoms with van der Waals surface area (Å²) < 4.78 is 6.59. The van der Waals surface area contributed by atoms with Crippen LogP contribution in [0, 0.1) is 6.92 Å². The summed E-state index contributed by atoms with van der Waals surface area (Å²) in [6.45, 7) is 4.24. The fraction of sp³-hybridized carbons (Fsp3) is 0.308. The molecular formula is C13H12ClNOS2. The summed E-state index contributed by atoms with van der Waals surface area (Å²) in [7, 11) is 1.64. The van der Waals surface area contributed by atoms with Crippen LogP contribution in [0.15, 0.2) is 16.3 Å². The molecule has 2 aromatic rings. The van der Waals surface area contributed by atoms with Crippen molar-refractivity contribution in [3.05, 3.63) is 27.7 Å². The molecule has 1 aromatic carbocycles. The van der Waals surface area contributed by atoms with E-state index in [1.54, 1.807) is 18.4 Å². The molecule has 0 saturated carbocycles. The van der Waals surface area contributed by atoms with Crippen LogP contribution in [0.2, 0.25) is 5.02 Å². The maximum Gasteiger partial charge on any atom is 0.138 e. The minimum absolute atomic E-state index is 0.399. The van der Waals surface area contributed by atoms with E-state index in [0.29, 0.717) is 16.0 Å². The second-order valence-corrected chi connectivity index (χ2v) is 7.42. The molecule has 1 aliphatic rings. The molecule has 2 nitrogen and oxygen atoms in total. The van der Waals surface area contributed by atoms with E-state index in [9.17, 15) is 0 Å². The Labute approximate surface area is 119 Å². The third-order valence-corrected chi connectivity index (χ3v) is 5.62. The number of aromatic nitrogens is 1. The van der Waals surface area contributed by atoms with E-state index in [-0.39, 0.29) is 0 Å². The van der Waals surface area contributed by atoms with Gasteiger partial charge in [-0.05, 0) is 31.5 Å². The number of fused-ring (bicyclic) bond motifs is 3. The van der Waals surface area contributed by atoms with Gasteiger partial charge in [0.1, 0.15) is 5.75 Å². The van der Waals surface area contributed by atoms with Gasteiger partial charge in [0.15, 0.2) is 0 Å². The number of rotatable bonds is 1. The zero-order chi connectivity index (χ0) is 12.9. The molecular weight excluding hydrogens is 286 g/mol. The molecule has 1 atom stereocenters. The number of nitrogens with zero attached hydrogens (tertiary/aromatic N) is 1. The molecule has 0 radical (unpaired) electrons. The number of methoxy groups -OCH3 is 1. The van der Waals surface area contributed by atoms with Crippen LogP contribution < -0.4 is 4.74 Å². The van der Waals surface area contributed by atoms with E-state index in [4.69, 9.17) is 16.3 Å². The minimum Gasteiger partial charge on any atom is -0.495 e. The molecule has 1 aliphatic heterocycles. The van der Waals surface area contributed by atoms with Gasteiger partial charge in [-0.3, -0.25) is 0 Å². The SMILES string of the molecule is COc1cc2c(cc1Cl)C(C)Sc1sc(C)nc1-2. The maximum atomic E-state index is 6.21. The van der Waals surface area contributed by atoms with Gasteiger partial charge in [0, 0.05) is 10.8 Å². The Morgan fingerprint density at radius 1 is 1.39 bits per heavy atom. The Kier molecular flexibility index (Phi) is 3.04. The van der Waals surface area contributed by atoms with Gasteiger partial charge >= 0.3 is 0 Å². The molecule has 5 heteroatoms. The molecule has 1 unspecified atom stereocenters. The summed E-state index contributed by atoms with van der Waals surface area (Å²) in [5.41, 5.74) is 3.47. The average molecular weight is 298 g/mol. The zero-order valence-electron chi connectivity index (χ0n) is 10.3. The Morgan fingerprint density at radius 3 is 2.89 bits per heavy atom. The number of benzene rings is 1. The fourth-order valence-corrected chi connectivity index (χ4v) is 4.95. The van der Waals surface area contributed by atoms with Crippen molar-refractivity contribution in [3.8, 4) is 17.0 Å². The molecule has 0 amide bonds. The van der Waals surface area contributed by atoms with E-state index in [1.807, 2.05) is 30.8 Å². The lowest BCUT2D eigenvalue weighted by atomic mass is 10.0. The summed E-state index contributed by atoms with van der Waals surface area (Å²) >= 11 is 9.81. The summed E-state index contributed by atoms with van der Waals surface area (Å²) in [6, 6.07) is 4.01. The molecule has 0 bridgehead atoms. The molecule has 3 rings (SSSR count). The highest BCUT2D eigenvalue weighted by atomic mass is 35.5. The Hall–Kier alpha value is -0.710. The molecule has 94 valence electrons. The third kappa shape index (κ3) is 1.83. The maximum absolute atomic E-state index is 6.21. The van der Waals surface area contributed by atoms with Crippen LogP contribution in [0.1, 0.15) is 22.7 Å². The van der Waals surface area contributed by atoms with E-state index in [2.05, 4.69) is 11.9 Å². The van der Waals surface area contributed by atoms with Crippen molar-refractivity contribution in [3.63, 3.8) is 0 Å². The molecule has 0 spiro atoms. The number of thioether (sulfide) groups is 1. The highest BCUT2D eigenvalue weighted by Gasteiger charge is 2.27. The highest BCUT2D eigenvalue weighted by Crippen LogP contribution is 2.52. The second kappa shape index (κ2) is 4.44. The number of ether oxygens (including phenoxy) is 1. The van der Waals surface area contributed by atoms with Crippen molar-refractivity contribution >= 4 is 34.7 Å². The van der Waals surface area contributed by atoms with Crippen molar-refractivity contribution in [2.24, 2.45) is 0 Å². The first-order chi connectivity index (χ1) is 8.60. The first kappa shape index (κ1) is 12.3. The van der Waals surface area contributed by atoms with Crippen molar-refractivity contribution in [1.29, 1.82) is 0 Å². The fourth-order valence-electron chi connectivity index (χ4n) is 2.15. The molecule has 2 heterocycles. The molecule has 0 aliphatic carbocycles. The van der Waals surface area contributed by atoms with Crippen molar-refractivity contribution < 1.29 is 4.74 Å². The lowest BCUT2D eigenvalue weighted by Crippen LogP contribution is -2.00. The minimum atomic E-state index is 0.399. The van der Waals surface area contributed by atoms with Crippen molar-refractivity contribution in [2.75, 3.05) is 7.11 Å². The summed E-state index contributed by atoms with van der Waals surface area (Å²) in [5.74, 6) is 0.714. The topological polar surface area (TPSA) is 22.1 Å². The number of hydrogen-bond donors (Lipinski definition) is 0. The van der Waals surface area contributed by atoms with Gasteiger partial charge in [-0.15, -0.1) is 23.1 Å². The molecule has 1 aromatic heterocycles. The van der Waals surface area contributed by atoms with Crippen LogP contribution in [-0.4, -0.2) is 12.1 Å². The van der Waals surface area contributed by atoms with Crippen LogP contribution in [0.3, 0.4) is 0 Å². The standard InChI is InChI=1S/C13H12ClNOS2/c1-6-8-4-10(14)11(16-3)5-9(8)12-13(17-6)18-7(2)15-12/h4-6H,1-3H3. The van der Waals surface area contributed by atoms with Gasteiger partial charge in [0.25, 0.3) is 0 Å². The van der Waals surface area contributed by atoms with Crippen LogP contribution in [0.4, 0.5) is 0 Å². The zero-order valence-corrected chi connectivity index (χ0v) is 12.7. The van der Waals surface area contributed by atoms with E-state index in [0.717, 1.165) is 16.3 Å². The quantitative estimate of drug-likeness (QED) is 0.744. The summed E-state index contributed by atoms with van der Waals surface area (Å²) in [5, 5.41) is 2.16. The second-order valence-electron chi connectivity index (χ2n) is 4.20. The van der Waals surface area contributed by atoms with Crippen LogP contribution >= 0.6 is 34.7 Å². The van der Waals surface area contributed by atoms with Gasteiger partial charge in [0.05, 0.1) is 27.0 Å².